The molecule has 0 bridgehead atoms. The number of likely N-dealkylation sites (tertiary alicyclic amines) is 1. The van der Waals surface area contributed by atoms with Gasteiger partial charge in [-0.3, -0.25) is 4.79 Å². The second-order valence-electron chi connectivity index (χ2n) is 5.12. The molecular formula is C14H22N4O. The summed E-state index contributed by atoms with van der Waals surface area (Å²) in [7, 11) is 1.90. The van der Waals surface area contributed by atoms with E-state index >= 15 is 0 Å². The van der Waals surface area contributed by atoms with Crippen LogP contribution in [-0.4, -0.2) is 42.5 Å². The topological polar surface area (TPSA) is 62.5 Å². The summed E-state index contributed by atoms with van der Waals surface area (Å²) in [5, 5.41) is 0. The lowest BCUT2D eigenvalue weighted by Gasteiger charge is -2.22. The van der Waals surface area contributed by atoms with Crippen LogP contribution in [0.4, 0.5) is 5.82 Å². The fourth-order valence-corrected chi connectivity index (χ4v) is 2.38. The fourth-order valence-electron chi connectivity index (χ4n) is 2.38. The standard InChI is InChI=1S/C14H22N4O/c1-11-7-12(9-15)8-13(16-11)17(2)10-14(19)18-5-3-4-6-18/h7-8H,3-6,9-10,15H2,1-2H3. The molecule has 2 heterocycles. The third kappa shape index (κ3) is 3.44. The summed E-state index contributed by atoms with van der Waals surface area (Å²) in [6.45, 7) is 4.59. The number of likely N-dealkylation sites (N-methyl/N-ethyl adjacent to an activating group) is 1. The quantitative estimate of drug-likeness (QED) is 0.876. The van der Waals surface area contributed by atoms with E-state index in [0.29, 0.717) is 13.1 Å². The first-order chi connectivity index (χ1) is 9.10. The van der Waals surface area contributed by atoms with Crippen LogP contribution in [0.2, 0.25) is 0 Å². The van der Waals surface area contributed by atoms with E-state index in [1.807, 2.05) is 35.9 Å². The fraction of sp³-hybridized carbons (Fsp3) is 0.571. The molecule has 0 atom stereocenters. The monoisotopic (exact) mass is 262 g/mol. The Morgan fingerprint density at radius 2 is 2.11 bits per heavy atom. The Kier molecular flexibility index (Phi) is 4.37. The number of anilines is 1. The van der Waals surface area contributed by atoms with E-state index in [-0.39, 0.29) is 5.91 Å². The van der Waals surface area contributed by atoms with Crippen molar-refractivity contribution in [1.82, 2.24) is 9.88 Å². The average Bonchev–Trinajstić information content (AvgIpc) is 2.91. The van der Waals surface area contributed by atoms with Crippen molar-refractivity contribution >= 4 is 11.7 Å². The number of pyridine rings is 1. The van der Waals surface area contributed by atoms with Crippen LogP contribution in [0.25, 0.3) is 0 Å². The van der Waals surface area contributed by atoms with Crippen molar-refractivity contribution in [3.05, 3.63) is 23.4 Å². The number of rotatable bonds is 4. The van der Waals surface area contributed by atoms with Crippen molar-refractivity contribution < 1.29 is 4.79 Å². The molecule has 104 valence electrons. The van der Waals surface area contributed by atoms with Crippen LogP contribution in [0, 0.1) is 6.92 Å². The maximum atomic E-state index is 12.1. The minimum absolute atomic E-state index is 0.178. The smallest absolute Gasteiger partial charge is 0.242 e. The van der Waals surface area contributed by atoms with E-state index in [1.54, 1.807) is 0 Å². The van der Waals surface area contributed by atoms with Gasteiger partial charge in [-0.1, -0.05) is 0 Å². The molecule has 0 radical (unpaired) electrons. The highest BCUT2D eigenvalue weighted by Crippen LogP contribution is 2.14. The molecule has 1 aromatic heterocycles. The van der Waals surface area contributed by atoms with E-state index < -0.39 is 0 Å². The Balaban J connectivity index is 2.04. The van der Waals surface area contributed by atoms with Crippen molar-refractivity contribution in [2.75, 3.05) is 31.6 Å². The molecule has 0 aromatic carbocycles. The molecule has 5 nitrogen and oxygen atoms in total. The summed E-state index contributed by atoms with van der Waals surface area (Å²) in [5.74, 6) is 0.991. The van der Waals surface area contributed by atoms with Gasteiger partial charge in [0.1, 0.15) is 5.82 Å². The molecule has 0 saturated carbocycles. The van der Waals surface area contributed by atoms with Crippen LogP contribution in [0.1, 0.15) is 24.1 Å². The first-order valence-corrected chi connectivity index (χ1v) is 6.76. The lowest BCUT2D eigenvalue weighted by molar-refractivity contribution is -0.128. The zero-order valence-corrected chi connectivity index (χ0v) is 11.7. The van der Waals surface area contributed by atoms with Gasteiger partial charge in [-0.15, -0.1) is 0 Å². The van der Waals surface area contributed by atoms with Crippen LogP contribution >= 0.6 is 0 Å². The molecule has 0 unspecified atom stereocenters. The average molecular weight is 262 g/mol. The van der Waals surface area contributed by atoms with E-state index in [4.69, 9.17) is 5.73 Å². The second kappa shape index (κ2) is 6.02. The van der Waals surface area contributed by atoms with Crippen LogP contribution in [-0.2, 0) is 11.3 Å². The Labute approximate surface area is 114 Å². The minimum Gasteiger partial charge on any atom is -0.350 e. The predicted molar refractivity (Wildman–Crippen MR) is 75.9 cm³/mol. The van der Waals surface area contributed by atoms with Gasteiger partial charge in [0.15, 0.2) is 0 Å². The van der Waals surface area contributed by atoms with Crippen LogP contribution in [0.15, 0.2) is 12.1 Å². The van der Waals surface area contributed by atoms with Gasteiger partial charge in [-0.2, -0.15) is 0 Å². The summed E-state index contributed by atoms with van der Waals surface area (Å²) < 4.78 is 0. The summed E-state index contributed by atoms with van der Waals surface area (Å²) in [6.07, 6.45) is 2.24. The SMILES string of the molecule is Cc1cc(CN)cc(N(C)CC(=O)N2CCCC2)n1. The van der Waals surface area contributed by atoms with Crippen LogP contribution in [0.3, 0.4) is 0 Å². The van der Waals surface area contributed by atoms with Crippen molar-refractivity contribution in [1.29, 1.82) is 0 Å². The molecule has 5 heteroatoms. The number of carbonyl (C=O) groups is 1. The molecular weight excluding hydrogens is 240 g/mol. The minimum atomic E-state index is 0.178. The van der Waals surface area contributed by atoms with E-state index in [2.05, 4.69) is 4.98 Å². The Morgan fingerprint density at radius 1 is 1.42 bits per heavy atom. The third-order valence-electron chi connectivity index (χ3n) is 3.46. The molecule has 0 spiro atoms. The molecule has 19 heavy (non-hydrogen) atoms. The lowest BCUT2D eigenvalue weighted by Crippen LogP contribution is -2.37. The zero-order valence-electron chi connectivity index (χ0n) is 11.7. The van der Waals surface area contributed by atoms with Gasteiger partial charge in [0, 0.05) is 32.4 Å². The zero-order chi connectivity index (χ0) is 13.8. The molecule has 1 saturated heterocycles. The van der Waals surface area contributed by atoms with Gasteiger partial charge >= 0.3 is 0 Å². The maximum Gasteiger partial charge on any atom is 0.242 e. The molecule has 1 aliphatic rings. The Hall–Kier alpha value is -1.62. The number of aromatic nitrogens is 1. The van der Waals surface area contributed by atoms with Gasteiger partial charge in [-0.25, -0.2) is 4.98 Å². The van der Waals surface area contributed by atoms with E-state index in [0.717, 1.165) is 43.0 Å². The number of aryl methyl sites for hydroxylation is 1. The number of nitrogens with zero attached hydrogens (tertiary/aromatic N) is 3. The second-order valence-corrected chi connectivity index (χ2v) is 5.12. The first kappa shape index (κ1) is 13.8. The van der Waals surface area contributed by atoms with Crippen molar-refractivity contribution in [2.45, 2.75) is 26.3 Å². The number of hydrogen-bond acceptors (Lipinski definition) is 4. The van der Waals surface area contributed by atoms with Crippen LogP contribution in [0.5, 0.6) is 0 Å². The molecule has 1 aromatic rings. The first-order valence-electron chi connectivity index (χ1n) is 6.76. The highest BCUT2D eigenvalue weighted by atomic mass is 16.2. The molecule has 2 N–H and O–H groups in total. The number of carbonyl (C=O) groups excluding carboxylic acids is 1. The van der Waals surface area contributed by atoms with E-state index in [1.165, 1.54) is 0 Å². The highest BCUT2D eigenvalue weighted by molar-refractivity contribution is 5.81. The predicted octanol–water partition coefficient (Wildman–Crippen LogP) is 0.907. The Morgan fingerprint density at radius 3 is 2.74 bits per heavy atom. The molecule has 1 fully saturated rings. The summed E-state index contributed by atoms with van der Waals surface area (Å²) in [6, 6.07) is 3.92. The van der Waals surface area contributed by atoms with Gasteiger partial charge in [0.25, 0.3) is 0 Å². The normalized spacial score (nSPS) is 14.8. The Bertz CT molecular complexity index is 455. The number of amides is 1. The number of hydrogen-bond donors (Lipinski definition) is 1. The van der Waals surface area contributed by atoms with Gasteiger partial charge in [-0.05, 0) is 37.5 Å². The maximum absolute atomic E-state index is 12.1. The molecule has 2 rings (SSSR count). The molecule has 1 aliphatic heterocycles. The molecule has 0 aliphatic carbocycles. The third-order valence-corrected chi connectivity index (χ3v) is 3.46. The van der Waals surface area contributed by atoms with Crippen molar-refractivity contribution in [3.8, 4) is 0 Å². The summed E-state index contributed by atoms with van der Waals surface area (Å²) in [4.78, 5) is 20.4. The van der Waals surface area contributed by atoms with Crippen molar-refractivity contribution in [3.63, 3.8) is 0 Å². The lowest BCUT2D eigenvalue weighted by atomic mass is 10.2. The van der Waals surface area contributed by atoms with Crippen LogP contribution < -0.4 is 10.6 Å². The van der Waals surface area contributed by atoms with Gasteiger partial charge in [0.2, 0.25) is 5.91 Å². The summed E-state index contributed by atoms with van der Waals surface area (Å²) in [5.41, 5.74) is 7.64. The van der Waals surface area contributed by atoms with Crippen molar-refractivity contribution in [2.24, 2.45) is 5.73 Å². The van der Waals surface area contributed by atoms with E-state index in [9.17, 15) is 4.79 Å². The largest absolute Gasteiger partial charge is 0.350 e. The van der Waals surface area contributed by atoms with Gasteiger partial charge in [0.05, 0.1) is 6.54 Å². The molecule has 1 amide bonds. The number of nitrogens with two attached hydrogens (primary N) is 1. The highest BCUT2D eigenvalue weighted by Gasteiger charge is 2.19. The summed E-state index contributed by atoms with van der Waals surface area (Å²) >= 11 is 0. The van der Waals surface area contributed by atoms with Gasteiger partial charge < -0.3 is 15.5 Å².